The van der Waals surface area contributed by atoms with Crippen LogP contribution in [0.4, 0.5) is 4.39 Å². The van der Waals surface area contributed by atoms with E-state index in [0.717, 1.165) is 5.56 Å². The molecule has 0 saturated heterocycles. The van der Waals surface area contributed by atoms with Gasteiger partial charge in [-0.1, -0.05) is 48.9 Å². The fourth-order valence-corrected chi connectivity index (χ4v) is 2.86. The zero-order chi connectivity index (χ0) is 17.5. The minimum Gasteiger partial charge on any atom is -0.389 e. The van der Waals surface area contributed by atoms with Crippen molar-refractivity contribution in [3.05, 3.63) is 71.7 Å². The maximum Gasteiger partial charge on any atom is 0.123 e. The smallest absolute Gasteiger partial charge is 0.123 e. The third-order valence-electron chi connectivity index (χ3n) is 4.42. The summed E-state index contributed by atoms with van der Waals surface area (Å²) >= 11 is 0. The van der Waals surface area contributed by atoms with Gasteiger partial charge in [0, 0.05) is 13.1 Å². The van der Waals surface area contributed by atoms with Crippen molar-refractivity contribution in [3.8, 4) is 0 Å². The molecule has 0 saturated carbocycles. The molecule has 4 heteroatoms. The normalized spacial score (nSPS) is 25.6. The second-order valence-corrected chi connectivity index (χ2v) is 6.29. The van der Waals surface area contributed by atoms with Crippen molar-refractivity contribution in [2.45, 2.75) is 26.0 Å². The van der Waals surface area contributed by atoms with Gasteiger partial charge < -0.3 is 15.3 Å². The minimum atomic E-state index is -0.653. The molecule has 2 rings (SSSR count). The Morgan fingerprint density at radius 2 is 2.21 bits per heavy atom. The summed E-state index contributed by atoms with van der Waals surface area (Å²) in [6, 6.07) is 6.16. The fourth-order valence-electron chi connectivity index (χ4n) is 2.86. The summed E-state index contributed by atoms with van der Waals surface area (Å²) in [5, 5.41) is 13.7. The van der Waals surface area contributed by atoms with Crippen molar-refractivity contribution in [2.75, 3.05) is 20.1 Å². The number of halogens is 1. The van der Waals surface area contributed by atoms with Gasteiger partial charge in [-0.15, -0.1) is 0 Å². The van der Waals surface area contributed by atoms with Crippen LogP contribution in [0.25, 0.3) is 0 Å². The SMILES string of the molecule is CNC[C@@H](O)[C@H](c1cccc(F)c1)N1/C=C\C(C)/C(C)=C\C=C/C1. The van der Waals surface area contributed by atoms with Crippen molar-refractivity contribution < 1.29 is 9.50 Å². The zero-order valence-electron chi connectivity index (χ0n) is 14.6. The van der Waals surface area contributed by atoms with Crippen LogP contribution in [-0.4, -0.2) is 36.2 Å². The Balaban J connectivity index is 2.37. The summed E-state index contributed by atoms with van der Waals surface area (Å²) in [7, 11) is 1.80. The number of likely N-dealkylation sites (N-methyl/N-ethyl adjacent to an activating group) is 1. The number of benzene rings is 1. The number of hydrogen-bond donors (Lipinski definition) is 2. The minimum absolute atomic E-state index is 0.288. The molecule has 0 fully saturated rings. The van der Waals surface area contributed by atoms with Gasteiger partial charge in [0.15, 0.2) is 0 Å². The van der Waals surface area contributed by atoms with Crippen LogP contribution in [0.5, 0.6) is 0 Å². The van der Waals surface area contributed by atoms with E-state index in [9.17, 15) is 9.50 Å². The quantitative estimate of drug-likeness (QED) is 0.868. The van der Waals surface area contributed by atoms with Crippen LogP contribution >= 0.6 is 0 Å². The van der Waals surface area contributed by atoms with Crippen LogP contribution in [0.15, 0.2) is 60.3 Å². The first-order valence-electron chi connectivity index (χ1n) is 8.38. The van der Waals surface area contributed by atoms with Gasteiger partial charge in [0.1, 0.15) is 5.82 Å². The molecule has 0 amide bonds. The summed E-state index contributed by atoms with van der Waals surface area (Å²) in [5.74, 6) is 0.0219. The van der Waals surface area contributed by atoms with Crippen molar-refractivity contribution in [3.63, 3.8) is 0 Å². The summed E-state index contributed by atoms with van der Waals surface area (Å²) in [5.41, 5.74) is 2.05. The van der Waals surface area contributed by atoms with Crippen molar-refractivity contribution in [1.29, 1.82) is 0 Å². The number of nitrogens with zero attached hydrogens (tertiary/aromatic N) is 1. The Hall–Kier alpha value is -1.91. The second kappa shape index (κ2) is 8.81. The first-order valence-corrected chi connectivity index (χ1v) is 8.38. The third kappa shape index (κ3) is 4.79. The third-order valence-corrected chi connectivity index (χ3v) is 4.42. The Bertz CT molecular complexity index is 624. The molecule has 0 spiro atoms. The first kappa shape index (κ1) is 18.4. The highest BCUT2D eigenvalue weighted by atomic mass is 19.1. The van der Waals surface area contributed by atoms with E-state index in [-0.39, 0.29) is 11.9 Å². The van der Waals surface area contributed by atoms with E-state index in [4.69, 9.17) is 0 Å². The topological polar surface area (TPSA) is 35.5 Å². The molecule has 0 radical (unpaired) electrons. The van der Waals surface area contributed by atoms with E-state index < -0.39 is 6.10 Å². The van der Waals surface area contributed by atoms with Crippen LogP contribution in [0.3, 0.4) is 0 Å². The van der Waals surface area contributed by atoms with E-state index >= 15 is 0 Å². The molecule has 3 nitrogen and oxygen atoms in total. The van der Waals surface area contributed by atoms with Crippen molar-refractivity contribution in [1.82, 2.24) is 10.2 Å². The summed E-state index contributed by atoms with van der Waals surface area (Å²) in [6.45, 7) is 5.33. The molecule has 24 heavy (non-hydrogen) atoms. The zero-order valence-corrected chi connectivity index (χ0v) is 14.6. The van der Waals surface area contributed by atoms with Crippen LogP contribution in [-0.2, 0) is 0 Å². The van der Waals surface area contributed by atoms with Gasteiger partial charge >= 0.3 is 0 Å². The highest BCUT2D eigenvalue weighted by Crippen LogP contribution is 2.27. The molecule has 1 unspecified atom stereocenters. The highest BCUT2D eigenvalue weighted by molar-refractivity contribution is 5.24. The molecule has 0 aliphatic carbocycles. The lowest BCUT2D eigenvalue weighted by atomic mass is 9.98. The number of aliphatic hydroxyl groups excluding tert-OH is 1. The molecule has 1 aromatic carbocycles. The monoisotopic (exact) mass is 330 g/mol. The molecule has 1 aliphatic heterocycles. The molecule has 0 aromatic heterocycles. The molecule has 3 atom stereocenters. The second-order valence-electron chi connectivity index (χ2n) is 6.29. The number of rotatable bonds is 5. The molecule has 1 aromatic rings. The van der Waals surface area contributed by atoms with Crippen molar-refractivity contribution >= 4 is 0 Å². The lowest BCUT2D eigenvalue weighted by Gasteiger charge is -2.34. The van der Waals surface area contributed by atoms with Gasteiger partial charge in [-0.2, -0.15) is 0 Å². The predicted molar refractivity (Wildman–Crippen MR) is 97.0 cm³/mol. The van der Waals surface area contributed by atoms with Gasteiger partial charge in [-0.3, -0.25) is 0 Å². The van der Waals surface area contributed by atoms with Gasteiger partial charge in [0.25, 0.3) is 0 Å². The Kier molecular flexibility index (Phi) is 6.76. The van der Waals surface area contributed by atoms with Crippen LogP contribution in [0.2, 0.25) is 0 Å². The van der Waals surface area contributed by atoms with Gasteiger partial charge in [0.05, 0.1) is 12.1 Å². The van der Waals surface area contributed by atoms with Gasteiger partial charge in [0.2, 0.25) is 0 Å². The number of hydrogen-bond acceptors (Lipinski definition) is 3. The van der Waals surface area contributed by atoms with Crippen LogP contribution in [0, 0.1) is 11.7 Å². The maximum atomic E-state index is 13.7. The largest absolute Gasteiger partial charge is 0.389 e. The number of nitrogens with one attached hydrogen (secondary N) is 1. The van der Waals surface area contributed by atoms with E-state index in [0.29, 0.717) is 19.0 Å². The number of allylic oxidation sites excluding steroid dienone is 4. The fraction of sp³-hybridized carbons (Fsp3) is 0.400. The van der Waals surface area contributed by atoms with Crippen LogP contribution in [0.1, 0.15) is 25.5 Å². The standard InChI is InChI=1S/C20H27FN2O/c1-15-7-4-5-11-23(12-10-16(15)2)20(19(24)14-22-3)17-8-6-9-18(21)13-17/h4-10,12-13,16,19-20,22,24H,11,14H2,1-3H3/b5-4-,12-10-,15-7-/t16?,19-,20+/m1/s1. The van der Waals surface area contributed by atoms with E-state index in [1.165, 1.54) is 17.7 Å². The van der Waals surface area contributed by atoms with E-state index in [1.807, 2.05) is 18.3 Å². The lowest BCUT2D eigenvalue weighted by Crippen LogP contribution is -2.38. The molecular formula is C20H27FN2O. The Labute approximate surface area is 144 Å². The first-order chi connectivity index (χ1) is 11.5. The summed E-state index contributed by atoms with van der Waals surface area (Å²) in [4.78, 5) is 2.07. The molecule has 2 N–H and O–H groups in total. The molecule has 1 heterocycles. The average Bonchev–Trinajstić information content (AvgIpc) is 2.62. The Morgan fingerprint density at radius 3 is 2.92 bits per heavy atom. The maximum absolute atomic E-state index is 13.7. The lowest BCUT2D eigenvalue weighted by molar-refractivity contribution is 0.0793. The highest BCUT2D eigenvalue weighted by Gasteiger charge is 2.25. The van der Waals surface area contributed by atoms with Crippen molar-refractivity contribution in [2.24, 2.45) is 5.92 Å². The summed E-state index contributed by atoms with van der Waals surface area (Å²) < 4.78 is 13.7. The summed E-state index contributed by atoms with van der Waals surface area (Å²) in [6.07, 6.45) is 9.70. The molecule has 1 aliphatic rings. The van der Waals surface area contributed by atoms with Gasteiger partial charge in [-0.05, 0) is 43.8 Å². The predicted octanol–water partition coefficient (Wildman–Crippen LogP) is 3.42. The molecule has 130 valence electrons. The van der Waals surface area contributed by atoms with E-state index in [1.54, 1.807) is 13.1 Å². The van der Waals surface area contributed by atoms with Gasteiger partial charge in [-0.25, -0.2) is 4.39 Å². The molecular weight excluding hydrogens is 303 g/mol. The Morgan fingerprint density at radius 1 is 1.42 bits per heavy atom. The van der Waals surface area contributed by atoms with Crippen LogP contribution < -0.4 is 5.32 Å². The number of aliphatic hydroxyl groups is 1. The molecule has 0 bridgehead atoms. The van der Waals surface area contributed by atoms with E-state index in [2.05, 4.69) is 42.3 Å². The average molecular weight is 330 g/mol.